The zero-order chi connectivity index (χ0) is 20.3. The number of pyridine rings is 1. The third-order valence-electron chi connectivity index (χ3n) is 4.20. The molecule has 0 saturated heterocycles. The highest BCUT2D eigenvalue weighted by Crippen LogP contribution is 2.27. The second kappa shape index (κ2) is 8.70. The smallest absolute Gasteiger partial charge is 0.341 e. The maximum Gasteiger partial charge on any atom is 0.341 e. The molecule has 0 aliphatic heterocycles. The second-order valence-corrected chi connectivity index (χ2v) is 8.70. The first-order valence-electron chi connectivity index (χ1n) is 8.63. The van der Waals surface area contributed by atoms with Crippen molar-refractivity contribution < 1.29 is 18.8 Å². The molecule has 0 aliphatic rings. The molecule has 0 N–H and O–H groups in total. The fraction of sp³-hybridized carbons (Fsp3) is 0.300. The van der Waals surface area contributed by atoms with Gasteiger partial charge in [-0.05, 0) is 45.9 Å². The number of thiophene rings is 1. The summed E-state index contributed by atoms with van der Waals surface area (Å²) in [5, 5.41) is 4.48. The Morgan fingerprint density at radius 3 is 2.64 bits per heavy atom. The molecular weight excluding hydrogens is 396 g/mol. The van der Waals surface area contributed by atoms with Crippen LogP contribution in [0.25, 0.3) is 0 Å². The van der Waals surface area contributed by atoms with Gasteiger partial charge in [-0.15, -0.1) is 23.1 Å². The van der Waals surface area contributed by atoms with E-state index in [1.165, 1.54) is 11.8 Å². The Hall–Kier alpha value is -2.45. The molecule has 0 radical (unpaired) electrons. The van der Waals surface area contributed by atoms with E-state index in [1.54, 1.807) is 29.7 Å². The van der Waals surface area contributed by atoms with Gasteiger partial charge in [0.05, 0.1) is 11.3 Å². The van der Waals surface area contributed by atoms with E-state index in [2.05, 4.69) is 10.1 Å². The summed E-state index contributed by atoms with van der Waals surface area (Å²) in [6.07, 6.45) is 1.62. The standard InChI is InChI=1S/C20H20N2O4S2/c1-11-8-16(14(4)28-11)18(23)9-25-20(24)15-6-5-7-21-19(15)27-10-17-12(2)22-26-13(17)3/h5-8H,9-10H2,1-4H3. The van der Waals surface area contributed by atoms with E-state index in [1.807, 2.05) is 33.8 Å². The molecular formula is C20H20N2O4S2. The van der Waals surface area contributed by atoms with Crippen LogP contribution in [-0.4, -0.2) is 28.5 Å². The van der Waals surface area contributed by atoms with Crippen LogP contribution in [0.15, 0.2) is 33.9 Å². The topological polar surface area (TPSA) is 82.3 Å². The van der Waals surface area contributed by atoms with Crippen LogP contribution in [-0.2, 0) is 10.5 Å². The number of carbonyl (C=O) groups excluding carboxylic acids is 2. The number of ether oxygens (including phenoxy) is 1. The van der Waals surface area contributed by atoms with Gasteiger partial charge >= 0.3 is 5.97 Å². The van der Waals surface area contributed by atoms with Crippen molar-refractivity contribution in [2.75, 3.05) is 6.61 Å². The summed E-state index contributed by atoms with van der Waals surface area (Å²) in [6.45, 7) is 7.26. The Morgan fingerprint density at radius 2 is 2.00 bits per heavy atom. The molecule has 0 aromatic carbocycles. The molecule has 146 valence electrons. The van der Waals surface area contributed by atoms with Gasteiger partial charge in [0.1, 0.15) is 10.8 Å². The number of rotatable bonds is 7. The van der Waals surface area contributed by atoms with Crippen LogP contribution in [0.3, 0.4) is 0 Å². The van der Waals surface area contributed by atoms with E-state index < -0.39 is 5.97 Å². The number of aromatic nitrogens is 2. The molecule has 3 heterocycles. The van der Waals surface area contributed by atoms with Gasteiger partial charge in [0.2, 0.25) is 5.78 Å². The Bertz CT molecular complexity index is 1000. The van der Waals surface area contributed by atoms with E-state index >= 15 is 0 Å². The fourth-order valence-electron chi connectivity index (χ4n) is 2.70. The van der Waals surface area contributed by atoms with E-state index in [-0.39, 0.29) is 12.4 Å². The van der Waals surface area contributed by atoms with Crippen molar-refractivity contribution in [2.24, 2.45) is 0 Å². The first-order chi connectivity index (χ1) is 13.4. The van der Waals surface area contributed by atoms with Crippen LogP contribution in [0.5, 0.6) is 0 Å². The molecule has 3 aromatic heterocycles. The predicted octanol–water partition coefficient (Wildman–Crippen LogP) is 4.70. The van der Waals surface area contributed by atoms with Gasteiger partial charge < -0.3 is 9.26 Å². The lowest BCUT2D eigenvalue weighted by Gasteiger charge is -2.08. The Balaban J connectivity index is 1.67. The van der Waals surface area contributed by atoms with Crippen molar-refractivity contribution >= 4 is 34.9 Å². The minimum Gasteiger partial charge on any atom is -0.454 e. The van der Waals surface area contributed by atoms with Crippen LogP contribution < -0.4 is 0 Å². The number of esters is 1. The van der Waals surface area contributed by atoms with Crippen molar-refractivity contribution in [3.8, 4) is 0 Å². The molecule has 0 amide bonds. The number of ketones is 1. The zero-order valence-electron chi connectivity index (χ0n) is 16.1. The normalized spacial score (nSPS) is 10.9. The minimum absolute atomic E-state index is 0.205. The molecule has 0 spiro atoms. The molecule has 3 rings (SSSR count). The molecule has 0 atom stereocenters. The summed E-state index contributed by atoms with van der Waals surface area (Å²) in [5.74, 6) is 0.554. The highest BCUT2D eigenvalue weighted by atomic mass is 32.2. The number of Topliss-reactive ketones (excluding diaryl/α,β-unsaturated/α-hetero) is 1. The number of aryl methyl sites for hydroxylation is 4. The SMILES string of the molecule is Cc1cc(C(=O)COC(=O)c2cccnc2SCc2c(C)noc2C)c(C)s1. The van der Waals surface area contributed by atoms with Crippen LogP contribution in [0.1, 0.15) is 47.5 Å². The number of hydrogen-bond acceptors (Lipinski definition) is 8. The van der Waals surface area contributed by atoms with Crippen molar-refractivity contribution in [3.05, 3.63) is 62.3 Å². The van der Waals surface area contributed by atoms with Gasteiger partial charge in [0.15, 0.2) is 6.61 Å². The number of hydrogen-bond donors (Lipinski definition) is 0. The van der Waals surface area contributed by atoms with Gasteiger partial charge in [-0.1, -0.05) is 5.16 Å². The average Bonchev–Trinajstić information content (AvgIpc) is 3.18. The van der Waals surface area contributed by atoms with Crippen LogP contribution >= 0.6 is 23.1 Å². The third-order valence-corrected chi connectivity index (χ3v) is 6.20. The summed E-state index contributed by atoms with van der Waals surface area (Å²) in [4.78, 5) is 31.1. The van der Waals surface area contributed by atoms with Crippen molar-refractivity contribution in [2.45, 2.75) is 38.5 Å². The van der Waals surface area contributed by atoms with E-state index in [4.69, 9.17) is 9.26 Å². The van der Waals surface area contributed by atoms with Gasteiger partial charge in [0, 0.05) is 32.8 Å². The quantitative estimate of drug-likeness (QED) is 0.314. The molecule has 6 nitrogen and oxygen atoms in total. The lowest BCUT2D eigenvalue weighted by Crippen LogP contribution is -2.15. The maximum atomic E-state index is 12.5. The van der Waals surface area contributed by atoms with Crippen LogP contribution in [0.4, 0.5) is 0 Å². The predicted molar refractivity (Wildman–Crippen MR) is 108 cm³/mol. The Labute approximate surface area is 171 Å². The van der Waals surface area contributed by atoms with Crippen molar-refractivity contribution in [3.63, 3.8) is 0 Å². The van der Waals surface area contributed by atoms with E-state index in [0.717, 1.165) is 26.8 Å². The molecule has 0 aliphatic carbocycles. The molecule has 0 saturated carbocycles. The monoisotopic (exact) mass is 416 g/mol. The molecule has 0 bridgehead atoms. The first kappa shape index (κ1) is 20.3. The second-order valence-electron chi connectivity index (χ2n) is 6.27. The summed E-state index contributed by atoms with van der Waals surface area (Å²) >= 11 is 2.95. The number of carbonyl (C=O) groups is 2. The molecule has 28 heavy (non-hydrogen) atoms. The minimum atomic E-state index is -0.563. The van der Waals surface area contributed by atoms with E-state index in [0.29, 0.717) is 21.9 Å². The fourth-order valence-corrected chi connectivity index (χ4v) is 4.78. The number of thioether (sulfide) groups is 1. The number of nitrogens with zero attached hydrogens (tertiary/aromatic N) is 2. The highest BCUT2D eigenvalue weighted by Gasteiger charge is 2.19. The Morgan fingerprint density at radius 1 is 1.21 bits per heavy atom. The largest absolute Gasteiger partial charge is 0.454 e. The van der Waals surface area contributed by atoms with Crippen molar-refractivity contribution in [1.29, 1.82) is 0 Å². The van der Waals surface area contributed by atoms with Crippen LogP contribution in [0, 0.1) is 27.7 Å². The molecule has 8 heteroatoms. The lowest BCUT2D eigenvalue weighted by molar-refractivity contribution is 0.0470. The summed E-state index contributed by atoms with van der Waals surface area (Å²) < 4.78 is 10.4. The molecule has 3 aromatic rings. The first-order valence-corrected chi connectivity index (χ1v) is 10.4. The van der Waals surface area contributed by atoms with E-state index in [9.17, 15) is 9.59 Å². The lowest BCUT2D eigenvalue weighted by atomic mass is 10.2. The summed E-state index contributed by atoms with van der Waals surface area (Å²) in [7, 11) is 0. The third kappa shape index (κ3) is 4.51. The van der Waals surface area contributed by atoms with Gasteiger partial charge in [-0.3, -0.25) is 4.79 Å². The van der Waals surface area contributed by atoms with Gasteiger partial charge in [-0.2, -0.15) is 0 Å². The summed E-state index contributed by atoms with van der Waals surface area (Å²) in [5.41, 5.74) is 2.74. The highest BCUT2D eigenvalue weighted by molar-refractivity contribution is 7.98. The summed E-state index contributed by atoms with van der Waals surface area (Å²) in [6, 6.07) is 5.14. The molecule has 0 unspecified atom stereocenters. The maximum absolute atomic E-state index is 12.5. The van der Waals surface area contributed by atoms with Gasteiger partial charge in [0.25, 0.3) is 0 Å². The Kier molecular flexibility index (Phi) is 6.31. The average molecular weight is 417 g/mol. The van der Waals surface area contributed by atoms with Crippen LogP contribution in [0.2, 0.25) is 0 Å². The zero-order valence-corrected chi connectivity index (χ0v) is 17.7. The van der Waals surface area contributed by atoms with Gasteiger partial charge in [-0.25, -0.2) is 9.78 Å². The van der Waals surface area contributed by atoms with Crippen molar-refractivity contribution in [1.82, 2.24) is 10.1 Å². The molecule has 0 fully saturated rings.